The van der Waals surface area contributed by atoms with Crippen LogP contribution in [0.5, 0.6) is 5.75 Å². The third-order valence-electron chi connectivity index (χ3n) is 3.21. The van der Waals surface area contributed by atoms with Crippen LogP contribution < -0.4 is 20.9 Å². The standard InChI is InChI=1S/C18H21N3O3/c1-12-9-13(2)11-16(10-12)24-14(3)17(22)20-21-18(23)19-15-7-5-4-6-8-15/h4-11,14H,1-3H3,(H,20,22)(H2,19,21,23). The Hall–Kier alpha value is -3.02. The Balaban J connectivity index is 1.82. The molecule has 2 aromatic carbocycles. The molecule has 126 valence electrons. The van der Waals surface area contributed by atoms with E-state index >= 15 is 0 Å². The average Bonchev–Trinajstić information content (AvgIpc) is 2.52. The van der Waals surface area contributed by atoms with Gasteiger partial charge in [-0.15, -0.1) is 0 Å². The minimum Gasteiger partial charge on any atom is -0.481 e. The predicted molar refractivity (Wildman–Crippen MR) is 92.7 cm³/mol. The summed E-state index contributed by atoms with van der Waals surface area (Å²) in [6.45, 7) is 5.53. The molecule has 6 nitrogen and oxygen atoms in total. The van der Waals surface area contributed by atoms with Gasteiger partial charge in [0.15, 0.2) is 6.10 Å². The number of rotatable bonds is 4. The van der Waals surface area contributed by atoms with Crippen molar-refractivity contribution in [2.45, 2.75) is 26.9 Å². The van der Waals surface area contributed by atoms with Gasteiger partial charge in [-0.3, -0.25) is 10.2 Å². The zero-order valence-electron chi connectivity index (χ0n) is 13.9. The highest BCUT2D eigenvalue weighted by molar-refractivity contribution is 5.91. The molecule has 0 bridgehead atoms. The molecule has 1 atom stereocenters. The van der Waals surface area contributed by atoms with Gasteiger partial charge in [0.2, 0.25) is 0 Å². The van der Waals surface area contributed by atoms with Crippen LogP contribution in [0.2, 0.25) is 0 Å². The van der Waals surface area contributed by atoms with Crippen LogP contribution in [-0.4, -0.2) is 18.0 Å². The molecule has 0 aromatic heterocycles. The maximum atomic E-state index is 12.0. The Labute approximate surface area is 141 Å². The van der Waals surface area contributed by atoms with E-state index in [-0.39, 0.29) is 0 Å². The fourth-order valence-corrected chi connectivity index (χ4v) is 2.16. The molecule has 1 unspecified atom stereocenters. The Morgan fingerprint density at radius 1 is 0.958 bits per heavy atom. The summed E-state index contributed by atoms with van der Waals surface area (Å²) >= 11 is 0. The van der Waals surface area contributed by atoms with Crippen molar-refractivity contribution in [3.63, 3.8) is 0 Å². The van der Waals surface area contributed by atoms with Gasteiger partial charge in [0.1, 0.15) is 5.75 Å². The zero-order valence-corrected chi connectivity index (χ0v) is 13.9. The van der Waals surface area contributed by atoms with Crippen molar-refractivity contribution in [3.8, 4) is 5.75 Å². The Kier molecular flexibility index (Phi) is 5.78. The van der Waals surface area contributed by atoms with Crippen molar-refractivity contribution >= 4 is 17.6 Å². The van der Waals surface area contributed by atoms with E-state index < -0.39 is 18.0 Å². The molecule has 0 aliphatic carbocycles. The Bertz CT molecular complexity index is 696. The van der Waals surface area contributed by atoms with Crippen LogP contribution in [0.25, 0.3) is 0 Å². The first-order valence-electron chi connectivity index (χ1n) is 7.61. The topological polar surface area (TPSA) is 79.5 Å². The first kappa shape index (κ1) is 17.3. The van der Waals surface area contributed by atoms with Crippen molar-refractivity contribution in [2.24, 2.45) is 0 Å². The Morgan fingerprint density at radius 3 is 2.21 bits per heavy atom. The third-order valence-corrected chi connectivity index (χ3v) is 3.21. The lowest BCUT2D eigenvalue weighted by atomic mass is 10.1. The average molecular weight is 327 g/mol. The summed E-state index contributed by atoms with van der Waals surface area (Å²) in [5, 5.41) is 2.60. The monoisotopic (exact) mass is 327 g/mol. The largest absolute Gasteiger partial charge is 0.481 e. The van der Waals surface area contributed by atoms with Gasteiger partial charge in [0.05, 0.1) is 0 Å². The number of urea groups is 1. The van der Waals surface area contributed by atoms with Gasteiger partial charge < -0.3 is 10.1 Å². The van der Waals surface area contributed by atoms with Gasteiger partial charge in [0, 0.05) is 5.69 Å². The van der Waals surface area contributed by atoms with Crippen LogP contribution >= 0.6 is 0 Å². The number of anilines is 1. The maximum absolute atomic E-state index is 12.0. The van der Waals surface area contributed by atoms with Crippen molar-refractivity contribution in [1.82, 2.24) is 10.9 Å². The van der Waals surface area contributed by atoms with Crippen LogP contribution in [-0.2, 0) is 4.79 Å². The fourth-order valence-electron chi connectivity index (χ4n) is 2.16. The van der Waals surface area contributed by atoms with Crippen LogP contribution in [0.3, 0.4) is 0 Å². The molecule has 0 radical (unpaired) electrons. The minimum atomic E-state index is -0.747. The SMILES string of the molecule is Cc1cc(C)cc(OC(C)C(=O)NNC(=O)Nc2ccccc2)c1. The molecule has 3 amide bonds. The number of benzene rings is 2. The molecule has 6 heteroatoms. The number of carbonyl (C=O) groups excluding carboxylic acids is 2. The molecule has 0 aliphatic rings. The molecular weight excluding hydrogens is 306 g/mol. The second-order valence-corrected chi connectivity index (χ2v) is 5.52. The predicted octanol–water partition coefficient (Wildman–Crippen LogP) is 2.92. The van der Waals surface area contributed by atoms with Gasteiger partial charge >= 0.3 is 6.03 Å². The van der Waals surface area contributed by atoms with Gasteiger partial charge in [-0.2, -0.15) is 0 Å². The number of hydrazine groups is 1. The fraction of sp³-hybridized carbons (Fsp3) is 0.222. The van der Waals surface area contributed by atoms with Crippen LogP contribution in [0.4, 0.5) is 10.5 Å². The summed E-state index contributed by atoms with van der Waals surface area (Å²) < 4.78 is 5.60. The molecule has 3 N–H and O–H groups in total. The molecule has 0 spiro atoms. The van der Waals surface area contributed by atoms with Crippen LogP contribution in [0.15, 0.2) is 48.5 Å². The summed E-state index contributed by atoms with van der Waals surface area (Å²) in [6, 6.07) is 14.1. The van der Waals surface area contributed by atoms with Crippen molar-refractivity contribution in [2.75, 3.05) is 5.32 Å². The molecule has 24 heavy (non-hydrogen) atoms. The molecule has 2 aromatic rings. The third kappa shape index (κ3) is 5.31. The smallest absolute Gasteiger partial charge is 0.337 e. The molecule has 0 aliphatic heterocycles. The van der Waals surface area contributed by atoms with Gasteiger partial charge in [0.25, 0.3) is 5.91 Å². The van der Waals surface area contributed by atoms with Crippen LogP contribution in [0.1, 0.15) is 18.1 Å². The molecule has 0 fully saturated rings. The van der Waals surface area contributed by atoms with Crippen molar-refractivity contribution in [3.05, 3.63) is 59.7 Å². The highest BCUT2D eigenvalue weighted by Crippen LogP contribution is 2.17. The second kappa shape index (κ2) is 8.01. The number of hydrogen-bond donors (Lipinski definition) is 3. The molecule has 2 rings (SSSR count). The number of amides is 3. The zero-order chi connectivity index (χ0) is 17.5. The normalized spacial score (nSPS) is 11.3. The summed E-state index contributed by atoms with van der Waals surface area (Å²) in [5.74, 6) is 0.168. The number of hydrogen-bond acceptors (Lipinski definition) is 3. The van der Waals surface area contributed by atoms with Crippen molar-refractivity contribution in [1.29, 1.82) is 0 Å². The lowest BCUT2D eigenvalue weighted by Gasteiger charge is -2.16. The summed E-state index contributed by atoms with van der Waals surface area (Å²) in [4.78, 5) is 23.7. The van der Waals surface area contributed by atoms with E-state index in [4.69, 9.17) is 4.74 Å². The number of aryl methyl sites for hydroxylation is 2. The van der Waals surface area contributed by atoms with Crippen molar-refractivity contribution < 1.29 is 14.3 Å². The second-order valence-electron chi connectivity index (χ2n) is 5.52. The first-order chi connectivity index (χ1) is 11.4. The van der Waals surface area contributed by atoms with E-state index in [9.17, 15) is 9.59 Å². The van der Waals surface area contributed by atoms with E-state index in [0.717, 1.165) is 11.1 Å². The van der Waals surface area contributed by atoms with E-state index in [1.54, 1.807) is 31.2 Å². The van der Waals surface area contributed by atoms with E-state index in [1.807, 2.05) is 38.1 Å². The van der Waals surface area contributed by atoms with E-state index in [1.165, 1.54) is 0 Å². The van der Waals surface area contributed by atoms with E-state index in [2.05, 4.69) is 16.2 Å². The van der Waals surface area contributed by atoms with Gasteiger partial charge in [-0.1, -0.05) is 24.3 Å². The maximum Gasteiger partial charge on any atom is 0.337 e. The summed E-state index contributed by atoms with van der Waals surface area (Å²) in [7, 11) is 0. The number of para-hydroxylation sites is 1. The summed E-state index contributed by atoms with van der Waals surface area (Å²) in [6.07, 6.45) is -0.747. The van der Waals surface area contributed by atoms with Gasteiger partial charge in [-0.05, 0) is 56.2 Å². The lowest BCUT2D eigenvalue weighted by molar-refractivity contribution is -0.127. The summed E-state index contributed by atoms with van der Waals surface area (Å²) in [5.41, 5.74) is 7.35. The molecule has 0 saturated carbocycles. The molecular formula is C18H21N3O3. The highest BCUT2D eigenvalue weighted by Gasteiger charge is 2.15. The number of ether oxygens (including phenoxy) is 1. The molecule has 0 saturated heterocycles. The van der Waals surface area contributed by atoms with E-state index in [0.29, 0.717) is 11.4 Å². The highest BCUT2D eigenvalue weighted by atomic mass is 16.5. The number of nitrogens with one attached hydrogen (secondary N) is 3. The lowest BCUT2D eigenvalue weighted by Crippen LogP contribution is -2.48. The minimum absolute atomic E-state index is 0.447. The van der Waals surface area contributed by atoms with Crippen LogP contribution in [0, 0.1) is 13.8 Å². The Morgan fingerprint density at radius 2 is 1.58 bits per heavy atom. The first-order valence-corrected chi connectivity index (χ1v) is 7.61. The molecule has 0 heterocycles. The van der Waals surface area contributed by atoms with Gasteiger partial charge in [-0.25, -0.2) is 10.2 Å². The quantitative estimate of drug-likeness (QED) is 0.755. The number of carbonyl (C=O) groups is 2.